The van der Waals surface area contributed by atoms with Gasteiger partial charge in [0.1, 0.15) is 0 Å². The van der Waals surface area contributed by atoms with E-state index in [0.717, 1.165) is 18.7 Å². The summed E-state index contributed by atoms with van der Waals surface area (Å²) in [5, 5.41) is 13.7. The fourth-order valence-corrected chi connectivity index (χ4v) is 3.48. The number of nitro groups is 1. The number of anilines is 1. The highest BCUT2D eigenvalue weighted by molar-refractivity contribution is 5.92. The van der Waals surface area contributed by atoms with Crippen molar-refractivity contribution in [2.75, 3.05) is 25.0 Å². The number of halogens is 1. The molecule has 150 valence electrons. The van der Waals surface area contributed by atoms with Gasteiger partial charge in [0.05, 0.1) is 10.6 Å². The largest absolute Gasteiger partial charge is 0.326 e. The molecular formula is C20H25ClN4O3. The van der Waals surface area contributed by atoms with Crippen LogP contribution in [0, 0.1) is 17.0 Å². The maximum atomic E-state index is 12.3. The van der Waals surface area contributed by atoms with E-state index in [1.165, 1.54) is 17.7 Å². The number of nitrogens with zero attached hydrogens (tertiary/aromatic N) is 2. The fraction of sp³-hybridized carbons (Fsp3) is 0.350. The first-order valence-electron chi connectivity index (χ1n) is 9.02. The molecule has 2 aromatic rings. The van der Waals surface area contributed by atoms with Gasteiger partial charge in [0.25, 0.3) is 5.69 Å². The second-order valence-electron chi connectivity index (χ2n) is 7.00. The highest BCUT2D eigenvalue weighted by Crippen LogP contribution is 2.26. The molecule has 0 spiro atoms. The molecule has 3 N–H and O–H groups in total. The van der Waals surface area contributed by atoms with E-state index >= 15 is 0 Å². The number of hydrogen-bond acceptors (Lipinski definition) is 5. The second-order valence-corrected chi connectivity index (χ2v) is 7.00. The Labute approximate surface area is 170 Å². The van der Waals surface area contributed by atoms with Crippen LogP contribution < -0.4 is 11.1 Å². The molecule has 1 aliphatic heterocycles. The average molecular weight is 405 g/mol. The standard InChI is InChI=1S/C20H24N4O3.ClH/c1-14-7-8-16(24(26)27)11-19(14)22-20(25)9-10-23-12-17(18(21)13-23)15-5-3-2-4-6-15;/h2-8,11,17-18H,9-10,12-13,21H2,1H3,(H,22,25);1H/t17-,18+;/m0./s1. The number of carbonyl (C=O) groups is 1. The lowest BCUT2D eigenvalue weighted by atomic mass is 9.95. The van der Waals surface area contributed by atoms with Crippen LogP contribution in [0.4, 0.5) is 11.4 Å². The van der Waals surface area contributed by atoms with Gasteiger partial charge in [0.2, 0.25) is 5.91 Å². The van der Waals surface area contributed by atoms with Gasteiger partial charge >= 0.3 is 0 Å². The van der Waals surface area contributed by atoms with Gasteiger partial charge in [-0.15, -0.1) is 12.4 Å². The van der Waals surface area contributed by atoms with Crippen molar-refractivity contribution in [2.24, 2.45) is 5.73 Å². The molecule has 0 aliphatic carbocycles. The predicted octanol–water partition coefficient (Wildman–Crippen LogP) is 3.08. The van der Waals surface area contributed by atoms with Crippen LogP contribution in [0.1, 0.15) is 23.5 Å². The van der Waals surface area contributed by atoms with Crippen LogP contribution in [-0.2, 0) is 4.79 Å². The molecule has 1 aliphatic rings. The first kappa shape index (κ1) is 21.8. The smallest absolute Gasteiger partial charge is 0.271 e. The van der Waals surface area contributed by atoms with Crippen molar-refractivity contribution in [3.63, 3.8) is 0 Å². The SMILES string of the molecule is Cc1ccc([N+](=O)[O-])cc1NC(=O)CCN1C[C@@H](N)[C@H](c2ccccc2)C1.Cl. The highest BCUT2D eigenvalue weighted by atomic mass is 35.5. The molecule has 7 nitrogen and oxygen atoms in total. The van der Waals surface area contributed by atoms with E-state index in [9.17, 15) is 14.9 Å². The minimum Gasteiger partial charge on any atom is -0.326 e. The van der Waals surface area contributed by atoms with E-state index in [1.54, 1.807) is 6.07 Å². The molecule has 0 unspecified atom stereocenters. The Morgan fingerprint density at radius 2 is 1.96 bits per heavy atom. The van der Waals surface area contributed by atoms with Crippen LogP contribution in [0.2, 0.25) is 0 Å². The molecule has 8 heteroatoms. The molecule has 28 heavy (non-hydrogen) atoms. The monoisotopic (exact) mass is 404 g/mol. The lowest BCUT2D eigenvalue weighted by Gasteiger charge is -2.16. The number of aryl methyl sites for hydroxylation is 1. The summed E-state index contributed by atoms with van der Waals surface area (Å²) in [4.78, 5) is 24.9. The minimum absolute atomic E-state index is 0. The molecular weight excluding hydrogens is 380 g/mol. The molecule has 2 atom stereocenters. The number of non-ortho nitro benzene ring substituents is 1. The minimum atomic E-state index is -0.468. The van der Waals surface area contributed by atoms with E-state index in [2.05, 4.69) is 22.3 Å². The quantitative estimate of drug-likeness (QED) is 0.569. The molecule has 0 bridgehead atoms. The van der Waals surface area contributed by atoms with E-state index < -0.39 is 4.92 Å². The van der Waals surface area contributed by atoms with Crippen molar-refractivity contribution in [3.05, 3.63) is 69.8 Å². The van der Waals surface area contributed by atoms with Gasteiger partial charge in [-0.25, -0.2) is 0 Å². The predicted molar refractivity (Wildman–Crippen MR) is 112 cm³/mol. The van der Waals surface area contributed by atoms with Gasteiger partial charge in [0.15, 0.2) is 0 Å². The molecule has 0 saturated carbocycles. The summed E-state index contributed by atoms with van der Waals surface area (Å²) in [6, 6.07) is 14.7. The fourth-order valence-electron chi connectivity index (χ4n) is 3.48. The number of carbonyl (C=O) groups excluding carboxylic acids is 1. The Morgan fingerprint density at radius 1 is 1.25 bits per heavy atom. The molecule has 1 fully saturated rings. The van der Waals surface area contributed by atoms with Crippen LogP contribution >= 0.6 is 12.4 Å². The zero-order chi connectivity index (χ0) is 19.4. The molecule has 2 aromatic carbocycles. The van der Waals surface area contributed by atoms with E-state index in [0.29, 0.717) is 18.7 Å². The van der Waals surface area contributed by atoms with Crippen molar-refractivity contribution in [1.82, 2.24) is 4.90 Å². The molecule has 1 heterocycles. The van der Waals surface area contributed by atoms with Gasteiger partial charge < -0.3 is 16.0 Å². The maximum Gasteiger partial charge on any atom is 0.271 e. The van der Waals surface area contributed by atoms with Crippen LogP contribution in [0.15, 0.2) is 48.5 Å². The van der Waals surface area contributed by atoms with Gasteiger partial charge in [-0.05, 0) is 18.1 Å². The number of nitrogens with one attached hydrogen (secondary N) is 1. The number of benzene rings is 2. The van der Waals surface area contributed by atoms with Crippen LogP contribution in [0.5, 0.6) is 0 Å². The Morgan fingerprint density at radius 3 is 2.64 bits per heavy atom. The number of nitro benzene ring substituents is 1. The Bertz CT molecular complexity index is 831. The van der Waals surface area contributed by atoms with Gasteiger partial charge in [-0.3, -0.25) is 14.9 Å². The van der Waals surface area contributed by atoms with E-state index in [-0.39, 0.29) is 36.0 Å². The number of amides is 1. The third-order valence-corrected chi connectivity index (χ3v) is 5.03. The highest BCUT2D eigenvalue weighted by Gasteiger charge is 2.31. The number of hydrogen-bond donors (Lipinski definition) is 2. The molecule has 1 saturated heterocycles. The van der Waals surface area contributed by atoms with E-state index in [1.807, 2.05) is 25.1 Å². The number of likely N-dealkylation sites (tertiary alicyclic amines) is 1. The van der Waals surface area contributed by atoms with Crippen molar-refractivity contribution >= 4 is 29.7 Å². The summed E-state index contributed by atoms with van der Waals surface area (Å²) < 4.78 is 0. The summed E-state index contributed by atoms with van der Waals surface area (Å²) in [6.07, 6.45) is 0.316. The van der Waals surface area contributed by atoms with Crippen LogP contribution in [-0.4, -0.2) is 41.4 Å². The first-order valence-corrected chi connectivity index (χ1v) is 9.02. The van der Waals surface area contributed by atoms with Crippen LogP contribution in [0.25, 0.3) is 0 Å². The summed E-state index contributed by atoms with van der Waals surface area (Å²) in [7, 11) is 0. The van der Waals surface area contributed by atoms with Gasteiger partial charge in [-0.1, -0.05) is 36.4 Å². The van der Waals surface area contributed by atoms with Gasteiger partial charge in [0, 0.05) is 50.1 Å². The number of rotatable bonds is 6. The third kappa shape index (κ3) is 5.28. The van der Waals surface area contributed by atoms with Crippen molar-refractivity contribution in [1.29, 1.82) is 0 Å². The molecule has 1 amide bonds. The summed E-state index contributed by atoms with van der Waals surface area (Å²) in [5.41, 5.74) is 8.76. The Kier molecular flexibility index (Phi) is 7.51. The van der Waals surface area contributed by atoms with E-state index in [4.69, 9.17) is 5.73 Å². The number of nitrogens with two attached hydrogens (primary N) is 1. The molecule has 0 radical (unpaired) electrons. The third-order valence-electron chi connectivity index (χ3n) is 5.03. The lowest BCUT2D eigenvalue weighted by Crippen LogP contribution is -2.30. The first-order chi connectivity index (χ1) is 12.9. The molecule has 0 aromatic heterocycles. The average Bonchev–Trinajstić information content (AvgIpc) is 3.03. The molecule has 3 rings (SSSR count). The Balaban J connectivity index is 0.00000280. The van der Waals surface area contributed by atoms with Crippen molar-refractivity contribution < 1.29 is 9.72 Å². The van der Waals surface area contributed by atoms with Crippen molar-refractivity contribution in [3.8, 4) is 0 Å². The zero-order valence-corrected chi connectivity index (χ0v) is 16.5. The summed E-state index contributed by atoms with van der Waals surface area (Å²) in [5.74, 6) is 0.114. The van der Waals surface area contributed by atoms with Crippen LogP contribution in [0.3, 0.4) is 0 Å². The van der Waals surface area contributed by atoms with Gasteiger partial charge in [-0.2, -0.15) is 0 Å². The topological polar surface area (TPSA) is 102 Å². The van der Waals surface area contributed by atoms with Crippen molar-refractivity contribution in [2.45, 2.75) is 25.3 Å². The zero-order valence-electron chi connectivity index (χ0n) is 15.7. The summed E-state index contributed by atoms with van der Waals surface area (Å²) in [6.45, 7) is 4.00. The Hall–Kier alpha value is -2.48. The normalized spacial score (nSPS) is 19.1. The lowest BCUT2D eigenvalue weighted by molar-refractivity contribution is -0.384. The second kappa shape index (κ2) is 9.64. The summed E-state index contributed by atoms with van der Waals surface area (Å²) >= 11 is 0. The maximum absolute atomic E-state index is 12.3.